The molecule has 2 saturated heterocycles. The first kappa shape index (κ1) is 15.1. The van der Waals surface area contributed by atoms with Crippen molar-refractivity contribution in [2.75, 3.05) is 5.75 Å². The van der Waals surface area contributed by atoms with Crippen LogP contribution >= 0.6 is 11.8 Å². The molecule has 8 heteroatoms. The quantitative estimate of drug-likeness (QED) is 0.415. The van der Waals surface area contributed by atoms with E-state index in [9.17, 15) is 14.4 Å². The first-order chi connectivity index (χ1) is 9.38. The molecule has 0 aromatic heterocycles. The summed E-state index contributed by atoms with van der Waals surface area (Å²) in [5.74, 6) is -0.758. The Morgan fingerprint density at radius 3 is 1.90 bits per heavy atom. The summed E-state index contributed by atoms with van der Waals surface area (Å²) in [6.07, 6.45) is -3.20. The summed E-state index contributed by atoms with van der Waals surface area (Å²) >= 11 is 1.64. The molecule has 0 N–H and O–H groups in total. The lowest BCUT2D eigenvalue weighted by atomic mass is 10.1. The minimum absolute atomic E-state index is 0.151. The second kappa shape index (κ2) is 6.01. The van der Waals surface area contributed by atoms with Gasteiger partial charge in [-0.3, -0.25) is 14.4 Å². The molecular weight excluding hydrogens is 288 g/mol. The van der Waals surface area contributed by atoms with E-state index in [1.807, 2.05) is 0 Å². The number of ether oxygens (including phenoxy) is 4. The number of esters is 3. The highest BCUT2D eigenvalue weighted by molar-refractivity contribution is 8.06. The van der Waals surface area contributed by atoms with E-state index in [1.165, 1.54) is 20.8 Å². The van der Waals surface area contributed by atoms with Gasteiger partial charge < -0.3 is 18.9 Å². The maximum atomic E-state index is 11.2. The second-order valence-corrected chi connectivity index (χ2v) is 5.87. The Kier molecular flexibility index (Phi) is 4.54. The largest absolute Gasteiger partial charge is 0.455 e. The van der Waals surface area contributed by atoms with E-state index < -0.39 is 42.5 Å². The molecule has 0 aromatic carbocycles. The first-order valence-electron chi connectivity index (χ1n) is 6.17. The van der Waals surface area contributed by atoms with Crippen LogP contribution < -0.4 is 0 Å². The normalized spacial score (nSPS) is 35.2. The molecule has 0 spiro atoms. The summed E-state index contributed by atoms with van der Waals surface area (Å²) in [4.78, 5) is 33.5. The van der Waals surface area contributed by atoms with Crippen LogP contribution in [0.5, 0.6) is 0 Å². The van der Waals surface area contributed by atoms with Crippen LogP contribution in [0.4, 0.5) is 0 Å². The van der Waals surface area contributed by atoms with Crippen molar-refractivity contribution in [3.05, 3.63) is 0 Å². The van der Waals surface area contributed by atoms with E-state index >= 15 is 0 Å². The highest BCUT2D eigenvalue weighted by Gasteiger charge is 2.56. The molecule has 0 aromatic rings. The van der Waals surface area contributed by atoms with Gasteiger partial charge in [-0.2, -0.15) is 11.8 Å². The summed E-state index contributed by atoms with van der Waals surface area (Å²) in [6.45, 7) is 3.73. The molecule has 112 valence electrons. The fraction of sp³-hybridized carbons (Fsp3) is 0.750. The maximum Gasteiger partial charge on any atom is 0.305 e. The minimum Gasteiger partial charge on any atom is -0.455 e. The fourth-order valence-electron chi connectivity index (χ4n) is 2.09. The number of hydrogen-bond acceptors (Lipinski definition) is 8. The molecule has 2 fully saturated rings. The molecule has 2 heterocycles. The van der Waals surface area contributed by atoms with Crippen molar-refractivity contribution < 1.29 is 33.3 Å². The third kappa shape index (κ3) is 3.63. The van der Waals surface area contributed by atoms with Crippen molar-refractivity contribution in [1.82, 2.24) is 0 Å². The zero-order chi connectivity index (χ0) is 14.9. The van der Waals surface area contributed by atoms with E-state index in [4.69, 9.17) is 18.9 Å². The van der Waals surface area contributed by atoms with Crippen LogP contribution in [-0.4, -0.2) is 53.5 Å². The summed E-state index contributed by atoms with van der Waals surface area (Å²) in [5.41, 5.74) is 0. The van der Waals surface area contributed by atoms with E-state index in [1.54, 1.807) is 11.8 Å². The van der Waals surface area contributed by atoms with Crippen molar-refractivity contribution >= 4 is 29.7 Å². The summed E-state index contributed by atoms with van der Waals surface area (Å²) in [6, 6.07) is 0. The Bertz CT molecular complexity index is 420. The number of carbonyl (C=O) groups excluding carboxylic acids is 3. The average Bonchev–Trinajstić information content (AvgIpc) is 3.08. The van der Waals surface area contributed by atoms with Crippen molar-refractivity contribution in [3.8, 4) is 0 Å². The van der Waals surface area contributed by atoms with E-state index in [0.29, 0.717) is 0 Å². The lowest BCUT2D eigenvalue weighted by Crippen LogP contribution is -2.42. The summed E-state index contributed by atoms with van der Waals surface area (Å²) in [7, 11) is 0. The van der Waals surface area contributed by atoms with Crippen molar-refractivity contribution in [1.29, 1.82) is 0 Å². The lowest BCUT2D eigenvalue weighted by Gasteiger charge is -2.22. The number of thioether (sulfide) groups is 1. The van der Waals surface area contributed by atoms with Crippen LogP contribution in [0.1, 0.15) is 20.8 Å². The Hall–Kier alpha value is -1.28. The SMILES string of the molecule is CC(=O)O[C@H]1O[C@@H]([C@@H]2CS2)[C@H](OC(C)=O)[C@H]1OC(C)=O. The van der Waals surface area contributed by atoms with Crippen LogP contribution in [0.25, 0.3) is 0 Å². The fourth-order valence-corrected chi connectivity index (χ4v) is 2.80. The molecule has 2 aliphatic rings. The molecule has 0 amide bonds. The van der Waals surface area contributed by atoms with Crippen LogP contribution in [0.15, 0.2) is 0 Å². The Morgan fingerprint density at radius 2 is 1.45 bits per heavy atom. The van der Waals surface area contributed by atoms with Gasteiger partial charge in [0.25, 0.3) is 0 Å². The van der Waals surface area contributed by atoms with Gasteiger partial charge in [0.05, 0.1) is 0 Å². The molecule has 7 nitrogen and oxygen atoms in total. The van der Waals surface area contributed by atoms with Crippen LogP contribution in [0.2, 0.25) is 0 Å². The van der Waals surface area contributed by atoms with E-state index in [2.05, 4.69) is 0 Å². The predicted molar refractivity (Wildman–Crippen MR) is 67.8 cm³/mol. The third-order valence-electron chi connectivity index (χ3n) is 2.82. The smallest absolute Gasteiger partial charge is 0.305 e. The molecule has 0 aliphatic carbocycles. The Balaban J connectivity index is 2.17. The highest BCUT2D eigenvalue weighted by Crippen LogP contribution is 2.42. The molecule has 0 bridgehead atoms. The van der Waals surface area contributed by atoms with Gasteiger partial charge >= 0.3 is 17.9 Å². The zero-order valence-electron chi connectivity index (χ0n) is 11.4. The summed E-state index contributed by atoms with van der Waals surface area (Å²) < 4.78 is 20.9. The first-order valence-corrected chi connectivity index (χ1v) is 7.22. The van der Waals surface area contributed by atoms with Gasteiger partial charge in [-0.15, -0.1) is 0 Å². The van der Waals surface area contributed by atoms with Gasteiger partial charge in [0, 0.05) is 31.8 Å². The summed E-state index contributed by atoms with van der Waals surface area (Å²) in [5, 5.41) is 0.151. The van der Waals surface area contributed by atoms with Crippen LogP contribution in [0, 0.1) is 0 Å². The maximum absolute atomic E-state index is 11.2. The van der Waals surface area contributed by atoms with Gasteiger partial charge in [0.2, 0.25) is 12.4 Å². The van der Waals surface area contributed by atoms with Crippen LogP contribution in [-0.2, 0) is 33.3 Å². The minimum atomic E-state index is -1.05. The number of rotatable bonds is 4. The average molecular weight is 304 g/mol. The second-order valence-electron chi connectivity index (χ2n) is 4.60. The Labute approximate surface area is 120 Å². The van der Waals surface area contributed by atoms with Gasteiger partial charge in [0.1, 0.15) is 6.10 Å². The van der Waals surface area contributed by atoms with E-state index in [-0.39, 0.29) is 5.25 Å². The zero-order valence-corrected chi connectivity index (χ0v) is 12.2. The van der Waals surface area contributed by atoms with E-state index in [0.717, 1.165) is 5.75 Å². The predicted octanol–water partition coefficient (Wildman–Crippen LogP) is 0.253. The topological polar surface area (TPSA) is 88.1 Å². The molecule has 20 heavy (non-hydrogen) atoms. The number of carbonyl (C=O) groups is 3. The van der Waals surface area contributed by atoms with Gasteiger partial charge in [-0.05, 0) is 0 Å². The molecular formula is C12H16O7S. The van der Waals surface area contributed by atoms with Crippen molar-refractivity contribution in [2.24, 2.45) is 0 Å². The third-order valence-corrected chi connectivity index (χ3v) is 3.81. The van der Waals surface area contributed by atoms with Gasteiger partial charge in [-0.1, -0.05) is 0 Å². The molecule has 2 aliphatic heterocycles. The number of hydrogen-bond donors (Lipinski definition) is 0. The van der Waals surface area contributed by atoms with Crippen molar-refractivity contribution in [3.63, 3.8) is 0 Å². The molecule has 0 saturated carbocycles. The van der Waals surface area contributed by atoms with Crippen molar-refractivity contribution in [2.45, 2.75) is 50.6 Å². The monoisotopic (exact) mass is 304 g/mol. The highest BCUT2D eigenvalue weighted by atomic mass is 32.2. The molecule has 0 radical (unpaired) electrons. The van der Waals surface area contributed by atoms with Gasteiger partial charge in [-0.25, -0.2) is 0 Å². The van der Waals surface area contributed by atoms with Gasteiger partial charge in [0.15, 0.2) is 6.10 Å². The molecule has 2 rings (SSSR count). The lowest BCUT2D eigenvalue weighted by molar-refractivity contribution is -0.195. The van der Waals surface area contributed by atoms with Crippen LogP contribution in [0.3, 0.4) is 0 Å². The molecule has 5 atom stereocenters. The molecule has 0 unspecified atom stereocenters. The standard InChI is InChI=1S/C12H16O7S/c1-5(13)16-10-9(8-4-20-8)19-12(18-7(3)15)11(10)17-6(2)14/h8-12H,4H2,1-3H3/t8-,9-,10-,11+,12-/m0/s1. The Morgan fingerprint density at radius 1 is 0.950 bits per heavy atom.